The Labute approximate surface area is 171 Å². The van der Waals surface area contributed by atoms with Crippen LogP contribution >= 0.6 is 22.6 Å². The van der Waals surface area contributed by atoms with Gasteiger partial charge in [-0.05, 0) is 55.7 Å². The first kappa shape index (κ1) is 21.3. The molecule has 27 heavy (non-hydrogen) atoms. The molecule has 0 N–H and O–H groups in total. The van der Waals surface area contributed by atoms with E-state index in [0.29, 0.717) is 11.5 Å². The molecule has 3 rings (SSSR count). The van der Waals surface area contributed by atoms with Crippen molar-refractivity contribution in [2.45, 2.75) is 61.6 Å². The fourth-order valence-corrected chi connectivity index (χ4v) is 4.74. The maximum atomic E-state index is 14.1. The molecule has 0 spiro atoms. The molecule has 1 saturated heterocycles. The number of hydrogen-bond donors (Lipinski definition) is 0. The molecule has 1 aliphatic carbocycles. The summed E-state index contributed by atoms with van der Waals surface area (Å²) in [5.41, 5.74) is -0.701. The number of alkyl halides is 3. The third kappa shape index (κ3) is 5.15. The van der Waals surface area contributed by atoms with Crippen LogP contribution in [0.3, 0.4) is 0 Å². The van der Waals surface area contributed by atoms with E-state index >= 15 is 0 Å². The van der Waals surface area contributed by atoms with Gasteiger partial charge in [0.2, 0.25) is 0 Å². The maximum absolute atomic E-state index is 14.1. The second-order valence-electron chi connectivity index (χ2n) is 7.66. The van der Waals surface area contributed by atoms with E-state index in [1.54, 1.807) is 0 Å². The van der Waals surface area contributed by atoms with Crippen molar-refractivity contribution in [1.29, 1.82) is 0 Å². The average Bonchev–Trinajstić information content (AvgIpc) is 2.61. The Kier molecular flexibility index (Phi) is 7.06. The van der Waals surface area contributed by atoms with E-state index in [-0.39, 0.29) is 18.1 Å². The topological polar surface area (TPSA) is 18.5 Å². The first-order chi connectivity index (χ1) is 12.8. The van der Waals surface area contributed by atoms with Crippen LogP contribution in [0.4, 0.5) is 17.6 Å². The van der Waals surface area contributed by atoms with Gasteiger partial charge in [0.1, 0.15) is 17.2 Å². The molecule has 0 atom stereocenters. The van der Waals surface area contributed by atoms with Crippen molar-refractivity contribution in [3.05, 3.63) is 34.9 Å². The predicted molar refractivity (Wildman–Crippen MR) is 103 cm³/mol. The average molecular weight is 500 g/mol. The molecular formula is C20H25F4IO2. The fraction of sp³-hybridized carbons (Fsp3) is 0.700. The van der Waals surface area contributed by atoms with Gasteiger partial charge in [0, 0.05) is 34.4 Å². The van der Waals surface area contributed by atoms with E-state index in [9.17, 15) is 17.6 Å². The normalized spacial score (nSPS) is 29.7. The second-order valence-corrected chi connectivity index (χ2v) is 9.01. The first-order valence-corrected chi connectivity index (χ1v) is 10.7. The Morgan fingerprint density at radius 1 is 1.04 bits per heavy atom. The van der Waals surface area contributed by atoms with E-state index in [1.165, 1.54) is 0 Å². The van der Waals surface area contributed by atoms with Crippen LogP contribution < -0.4 is 0 Å². The van der Waals surface area contributed by atoms with Gasteiger partial charge >= 0.3 is 3.93 Å². The quantitative estimate of drug-likeness (QED) is 0.261. The number of hydrogen-bond acceptors (Lipinski definition) is 2. The summed E-state index contributed by atoms with van der Waals surface area (Å²) in [6, 6.07) is 2.14. The van der Waals surface area contributed by atoms with Gasteiger partial charge in [-0.3, -0.25) is 0 Å². The molecule has 0 radical (unpaired) electrons. The standard InChI is InChI=1S/C20H25F4IO2/c1-2-3-12-10-26-19(27-11-12)14-6-4-13(5-7-14)15-8-16(21)18(17(22)9-15)20(23,24)25/h8-9,12-14,19H,2-7,10-11H2,1H3. The summed E-state index contributed by atoms with van der Waals surface area (Å²) >= 11 is 0.753. The summed E-state index contributed by atoms with van der Waals surface area (Å²) in [6.45, 7) is 3.59. The Hall–Kier alpha value is -0.410. The molecule has 1 heterocycles. The minimum absolute atomic E-state index is 0.0291. The highest BCUT2D eigenvalue weighted by Crippen LogP contribution is 2.42. The molecule has 2 nitrogen and oxygen atoms in total. The van der Waals surface area contributed by atoms with Crippen LogP contribution in [0.2, 0.25) is 0 Å². The zero-order valence-electron chi connectivity index (χ0n) is 15.3. The van der Waals surface area contributed by atoms with Gasteiger partial charge in [0.15, 0.2) is 6.29 Å². The zero-order chi connectivity index (χ0) is 19.6. The highest BCUT2D eigenvalue weighted by atomic mass is 127. The molecule has 1 aromatic carbocycles. The van der Waals surface area contributed by atoms with Gasteiger partial charge in [-0.25, -0.2) is 8.78 Å². The third-order valence-electron chi connectivity index (χ3n) is 5.67. The first-order valence-electron chi connectivity index (χ1n) is 9.59. The maximum Gasteiger partial charge on any atom is 0.327 e. The van der Waals surface area contributed by atoms with Crippen LogP contribution in [0.15, 0.2) is 12.1 Å². The monoisotopic (exact) mass is 500 g/mol. The molecule has 0 unspecified atom stereocenters. The highest BCUT2D eigenvalue weighted by Gasteiger charge is 2.36. The molecule has 0 aromatic heterocycles. The van der Waals surface area contributed by atoms with Crippen LogP contribution in [-0.2, 0) is 13.4 Å². The summed E-state index contributed by atoms with van der Waals surface area (Å²) in [7, 11) is 0. The fourth-order valence-electron chi connectivity index (χ4n) is 4.23. The molecule has 152 valence electrons. The van der Waals surface area contributed by atoms with Crippen molar-refractivity contribution in [3.63, 3.8) is 0 Å². The molecule has 2 fully saturated rings. The summed E-state index contributed by atoms with van der Waals surface area (Å²) < 4.78 is 63.1. The number of benzene rings is 1. The Balaban J connectivity index is 1.58. The molecular weight excluding hydrogens is 475 g/mol. The summed E-state index contributed by atoms with van der Waals surface area (Å²) in [6.07, 6.45) is 5.16. The molecule has 1 aliphatic heterocycles. The molecule has 7 heteroatoms. The molecule has 0 bridgehead atoms. The zero-order valence-corrected chi connectivity index (χ0v) is 17.5. The largest absolute Gasteiger partial charge is 0.352 e. The highest BCUT2D eigenvalue weighted by molar-refractivity contribution is 14.1. The van der Waals surface area contributed by atoms with Crippen molar-refractivity contribution in [2.24, 2.45) is 11.8 Å². The molecule has 1 aromatic rings. The van der Waals surface area contributed by atoms with Gasteiger partial charge in [-0.15, -0.1) is 0 Å². The van der Waals surface area contributed by atoms with Crippen LogP contribution in [0.1, 0.15) is 62.5 Å². The Morgan fingerprint density at radius 3 is 2.07 bits per heavy atom. The number of rotatable bonds is 5. The summed E-state index contributed by atoms with van der Waals surface area (Å²) in [4.78, 5) is 0. The lowest BCUT2D eigenvalue weighted by molar-refractivity contribution is -0.229. The van der Waals surface area contributed by atoms with Crippen LogP contribution in [0, 0.1) is 23.5 Å². The van der Waals surface area contributed by atoms with Crippen LogP contribution in [0.25, 0.3) is 0 Å². The third-order valence-corrected chi connectivity index (χ3v) is 6.20. The van der Waals surface area contributed by atoms with Crippen LogP contribution in [0.5, 0.6) is 0 Å². The predicted octanol–water partition coefficient (Wildman–Crippen LogP) is 6.51. The number of ether oxygens (including phenoxy) is 2. The minimum Gasteiger partial charge on any atom is -0.352 e. The van der Waals surface area contributed by atoms with Crippen molar-refractivity contribution < 1.29 is 27.0 Å². The van der Waals surface area contributed by atoms with E-state index < -0.39 is 21.1 Å². The summed E-state index contributed by atoms with van der Waals surface area (Å²) in [5.74, 6) is -1.64. The SMILES string of the molecule is CCCC1COC(C2CCC(c3cc(F)c(C(F)(F)I)c(F)c3)CC2)OC1. The lowest BCUT2D eigenvalue weighted by Crippen LogP contribution is -2.38. The van der Waals surface area contributed by atoms with Crippen molar-refractivity contribution >= 4 is 22.6 Å². The Bertz CT molecular complexity index is 610. The minimum atomic E-state index is -3.56. The molecule has 2 aliphatic rings. The second kappa shape index (κ2) is 8.95. The van der Waals surface area contributed by atoms with Gasteiger partial charge in [-0.1, -0.05) is 13.3 Å². The van der Waals surface area contributed by atoms with E-state index in [0.717, 1.165) is 86.5 Å². The van der Waals surface area contributed by atoms with Gasteiger partial charge in [-0.2, -0.15) is 8.78 Å². The van der Waals surface area contributed by atoms with E-state index in [2.05, 4.69) is 6.92 Å². The van der Waals surface area contributed by atoms with Crippen molar-refractivity contribution in [1.82, 2.24) is 0 Å². The van der Waals surface area contributed by atoms with Gasteiger partial charge in [0.05, 0.1) is 13.2 Å². The van der Waals surface area contributed by atoms with Gasteiger partial charge in [0.25, 0.3) is 0 Å². The van der Waals surface area contributed by atoms with Crippen LogP contribution in [-0.4, -0.2) is 19.5 Å². The van der Waals surface area contributed by atoms with Gasteiger partial charge < -0.3 is 9.47 Å². The van der Waals surface area contributed by atoms with E-state index in [1.807, 2.05) is 0 Å². The molecule has 1 saturated carbocycles. The molecule has 0 amide bonds. The Morgan fingerprint density at radius 2 is 1.59 bits per heavy atom. The van der Waals surface area contributed by atoms with Crippen molar-refractivity contribution in [3.8, 4) is 0 Å². The lowest BCUT2D eigenvalue weighted by Gasteiger charge is -2.37. The number of halogens is 5. The summed E-state index contributed by atoms with van der Waals surface area (Å²) in [5, 5.41) is 0. The lowest BCUT2D eigenvalue weighted by atomic mass is 9.78. The van der Waals surface area contributed by atoms with E-state index in [4.69, 9.17) is 9.47 Å². The smallest absolute Gasteiger partial charge is 0.327 e. The van der Waals surface area contributed by atoms with Crippen molar-refractivity contribution in [2.75, 3.05) is 13.2 Å².